The molecule has 0 saturated carbocycles. The highest BCUT2D eigenvalue weighted by Crippen LogP contribution is 2.35. The molecular weight excluding hydrogens is 266 g/mol. The molecule has 1 aromatic heterocycles. The van der Waals surface area contributed by atoms with E-state index in [0.29, 0.717) is 0 Å². The molecule has 0 fully saturated rings. The van der Waals surface area contributed by atoms with Crippen LogP contribution in [0.2, 0.25) is 0 Å². The predicted octanol–water partition coefficient (Wildman–Crippen LogP) is 1.12. The van der Waals surface area contributed by atoms with Gasteiger partial charge >= 0.3 is 5.97 Å². The molecule has 1 aliphatic carbocycles. The molecule has 0 radical (unpaired) electrons. The molecule has 5 nitrogen and oxygen atoms in total. The molecule has 1 amide bonds. The average Bonchev–Trinajstić information content (AvgIpc) is 2.82. The summed E-state index contributed by atoms with van der Waals surface area (Å²) >= 11 is 1.63. The van der Waals surface area contributed by atoms with Gasteiger partial charge in [-0.3, -0.25) is 4.79 Å². The quantitative estimate of drug-likeness (QED) is 0.773. The number of amides is 1. The first kappa shape index (κ1) is 14.0. The normalized spacial score (nSPS) is 21.3. The van der Waals surface area contributed by atoms with Crippen molar-refractivity contribution in [3.05, 3.63) is 21.9 Å². The predicted molar refractivity (Wildman–Crippen MR) is 71.2 cm³/mol. The first-order valence-electron chi connectivity index (χ1n) is 6.28. The third-order valence-corrected chi connectivity index (χ3v) is 4.41. The molecule has 1 aliphatic rings. The summed E-state index contributed by atoms with van der Waals surface area (Å²) in [5, 5.41) is 22.8. The van der Waals surface area contributed by atoms with E-state index in [-0.39, 0.29) is 11.8 Å². The van der Waals surface area contributed by atoms with Crippen LogP contribution in [0.5, 0.6) is 0 Å². The van der Waals surface area contributed by atoms with Crippen molar-refractivity contribution in [1.82, 2.24) is 5.32 Å². The summed E-state index contributed by atoms with van der Waals surface area (Å²) in [6.07, 6.45) is 1.52. The van der Waals surface area contributed by atoms with Crippen LogP contribution in [0.1, 0.15) is 36.1 Å². The number of aliphatic carboxylic acids is 1. The van der Waals surface area contributed by atoms with Gasteiger partial charge in [0.25, 0.3) is 0 Å². The fourth-order valence-corrected chi connectivity index (χ4v) is 3.39. The lowest BCUT2D eigenvalue weighted by molar-refractivity contribution is -0.145. The molecule has 1 heterocycles. The molecule has 3 unspecified atom stereocenters. The van der Waals surface area contributed by atoms with Gasteiger partial charge in [-0.05, 0) is 43.2 Å². The van der Waals surface area contributed by atoms with Crippen molar-refractivity contribution in [2.75, 3.05) is 0 Å². The Bertz CT molecular complexity index is 483. The maximum absolute atomic E-state index is 12.2. The molecule has 0 aliphatic heterocycles. The summed E-state index contributed by atoms with van der Waals surface area (Å²) in [6.45, 7) is 1.36. The Morgan fingerprint density at radius 3 is 2.89 bits per heavy atom. The third kappa shape index (κ3) is 2.96. The fraction of sp³-hybridized carbons (Fsp3) is 0.538. The smallest absolute Gasteiger partial charge is 0.328 e. The Balaban J connectivity index is 2.11. The highest BCUT2D eigenvalue weighted by molar-refractivity contribution is 7.10. The molecular formula is C13H17NO4S. The number of carbonyl (C=O) groups is 2. The molecule has 0 spiro atoms. The van der Waals surface area contributed by atoms with Crippen LogP contribution < -0.4 is 5.32 Å². The van der Waals surface area contributed by atoms with E-state index in [1.54, 1.807) is 11.3 Å². The minimum absolute atomic E-state index is 0.296. The SMILES string of the molecule is CC(O)C(NC(=O)C1CCCc2sccc21)C(=O)O. The molecule has 6 heteroatoms. The number of hydrogen-bond acceptors (Lipinski definition) is 4. The average molecular weight is 283 g/mol. The van der Waals surface area contributed by atoms with E-state index in [0.717, 1.165) is 24.8 Å². The number of carboxylic acids is 1. The summed E-state index contributed by atoms with van der Waals surface area (Å²) < 4.78 is 0. The molecule has 104 valence electrons. The summed E-state index contributed by atoms with van der Waals surface area (Å²) in [5.74, 6) is -1.83. The second kappa shape index (κ2) is 5.71. The summed E-state index contributed by atoms with van der Waals surface area (Å²) in [6, 6.07) is 0.679. The Kier molecular flexibility index (Phi) is 4.21. The first-order chi connectivity index (χ1) is 9.00. The van der Waals surface area contributed by atoms with Crippen LogP contribution in [0, 0.1) is 0 Å². The van der Waals surface area contributed by atoms with Crippen molar-refractivity contribution in [2.45, 2.75) is 44.2 Å². The number of thiophene rings is 1. The van der Waals surface area contributed by atoms with Crippen LogP contribution in [0.25, 0.3) is 0 Å². The number of nitrogens with one attached hydrogen (secondary N) is 1. The lowest BCUT2D eigenvalue weighted by atomic mass is 9.87. The standard InChI is InChI=1S/C13H17NO4S/c1-7(15)11(13(17)18)14-12(16)9-3-2-4-10-8(9)5-6-19-10/h5-7,9,11,15H,2-4H2,1H3,(H,14,16)(H,17,18). The van der Waals surface area contributed by atoms with E-state index in [4.69, 9.17) is 5.11 Å². The lowest BCUT2D eigenvalue weighted by Gasteiger charge is -2.24. The highest BCUT2D eigenvalue weighted by atomic mass is 32.1. The van der Waals surface area contributed by atoms with Crippen molar-refractivity contribution in [3.8, 4) is 0 Å². The minimum atomic E-state index is -1.25. The van der Waals surface area contributed by atoms with Gasteiger partial charge in [0.05, 0.1) is 12.0 Å². The zero-order valence-electron chi connectivity index (χ0n) is 10.6. The van der Waals surface area contributed by atoms with Gasteiger partial charge in [-0.25, -0.2) is 4.79 Å². The van der Waals surface area contributed by atoms with E-state index in [1.165, 1.54) is 11.8 Å². The second-order valence-electron chi connectivity index (χ2n) is 4.81. The third-order valence-electron chi connectivity index (χ3n) is 3.41. The minimum Gasteiger partial charge on any atom is -0.480 e. The summed E-state index contributed by atoms with van der Waals surface area (Å²) in [4.78, 5) is 24.4. The van der Waals surface area contributed by atoms with Crippen LogP contribution in [-0.2, 0) is 16.0 Å². The number of carboxylic acid groups (broad SMARTS) is 1. The molecule has 0 bridgehead atoms. The van der Waals surface area contributed by atoms with E-state index >= 15 is 0 Å². The van der Waals surface area contributed by atoms with Gasteiger partial charge in [-0.2, -0.15) is 0 Å². The van der Waals surface area contributed by atoms with Gasteiger partial charge in [0.1, 0.15) is 0 Å². The largest absolute Gasteiger partial charge is 0.480 e. The monoisotopic (exact) mass is 283 g/mol. The number of aryl methyl sites for hydroxylation is 1. The van der Waals surface area contributed by atoms with Crippen LogP contribution in [0.3, 0.4) is 0 Å². The van der Waals surface area contributed by atoms with Crippen molar-refractivity contribution < 1.29 is 19.8 Å². The maximum atomic E-state index is 12.2. The zero-order valence-corrected chi connectivity index (χ0v) is 11.4. The summed E-state index contributed by atoms with van der Waals surface area (Å²) in [5.41, 5.74) is 1.00. The van der Waals surface area contributed by atoms with E-state index < -0.39 is 18.1 Å². The number of aliphatic hydroxyl groups excluding tert-OH is 1. The van der Waals surface area contributed by atoms with Gasteiger partial charge in [0, 0.05) is 4.88 Å². The fourth-order valence-electron chi connectivity index (χ4n) is 2.40. The Morgan fingerprint density at radius 2 is 2.26 bits per heavy atom. The Hall–Kier alpha value is -1.40. The topological polar surface area (TPSA) is 86.6 Å². The number of fused-ring (bicyclic) bond motifs is 1. The van der Waals surface area contributed by atoms with Crippen molar-refractivity contribution in [3.63, 3.8) is 0 Å². The van der Waals surface area contributed by atoms with Crippen LogP contribution in [-0.4, -0.2) is 34.2 Å². The Morgan fingerprint density at radius 1 is 1.53 bits per heavy atom. The van der Waals surface area contributed by atoms with E-state index in [9.17, 15) is 14.7 Å². The summed E-state index contributed by atoms with van der Waals surface area (Å²) in [7, 11) is 0. The molecule has 3 atom stereocenters. The van der Waals surface area contributed by atoms with Crippen molar-refractivity contribution >= 4 is 23.2 Å². The van der Waals surface area contributed by atoms with Crippen molar-refractivity contribution in [2.24, 2.45) is 0 Å². The molecule has 0 aromatic carbocycles. The maximum Gasteiger partial charge on any atom is 0.328 e. The molecule has 19 heavy (non-hydrogen) atoms. The number of hydrogen-bond donors (Lipinski definition) is 3. The Labute approximate surface area is 115 Å². The van der Waals surface area contributed by atoms with Gasteiger partial charge in [-0.15, -0.1) is 11.3 Å². The van der Waals surface area contributed by atoms with Crippen LogP contribution >= 0.6 is 11.3 Å². The number of aliphatic hydroxyl groups is 1. The van der Waals surface area contributed by atoms with Crippen molar-refractivity contribution in [1.29, 1.82) is 0 Å². The van der Waals surface area contributed by atoms with Crippen LogP contribution in [0.15, 0.2) is 11.4 Å². The molecule has 1 aromatic rings. The van der Waals surface area contributed by atoms with Gasteiger partial charge in [0.2, 0.25) is 5.91 Å². The van der Waals surface area contributed by atoms with Gasteiger partial charge in [0.15, 0.2) is 6.04 Å². The highest BCUT2D eigenvalue weighted by Gasteiger charge is 2.32. The van der Waals surface area contributed by atoms with Gasteiger partial charge < -0.3 is 15.5 Å². The molecule has 2 rings (SSSR count). The number of carbonyl (C=O) groups excluding carboxylic acids is 1. The first-order valence-corrected chi connectivity index (χ1v) is 7.16. The second-order valence-corrected chi connectivity index (χ2v) is 5.81. The molecule has 0 saturated heterocycles. The van der Waals surface area contributed by atoms with E-state index in [1.807, 2.05) is 11.4 Å². The number of rotatable bonds is 4. The van der Waals surface area contributed by atoms with E-state index in [2.05, 4.69) is 5.32 Å². The lowest BCUT2D eigenvalue weighted by Crippen LogP contribution is -2.49. The molecule has 3 N–H and O–H groups in total. The van der Waals surface area contributed by atoms with Crippen LogP contribution in [0.4, 0.5) is 0 Å². The zero-order chi connectivity index (χ0) is 14.0. The van der Waals surface area contributed by atoms with Gasteiger partial charge in [-0.1, -0.05) is 0 Å².